The number of hydrogen-bond donors (Lipinski definition) is 1. The molecule has 0 heterocycles. The fourth-order valence-electron chi connectivity index (χ4n) is 1.96. The summed E-state index contributed by atoms with van der Waals surface area (Å²) in [5, 5.41) is 0. The molecular formula is C16H23NO4. The molecule has 2 N–H and O–H groups in total. The molecule has 0 aromatic heterocycles. The molecule has 1 aromatic carbocycles. The Bertz CT molecular complexity index is 470. The average molecular weight is 293 g/mol. The molecule has 0 aliphatic rings. The van der Waals surface area contributed by atoms with Crippen LogP contribution in [0.4, 0.5) is 0 Å². The van der Waals surface area contributed by atoms with Crippen molar-refractivity contribution in [3.63, 3.8) is 0 Å². The highest BCUT2D eigenvalue weighted by Gasteiger charge is 2.22. The maximum Gasteiger partial charge on any atom is 0.338 e. The molecule has 0 spiro atoms. The van der Waals surface area contributed by atoms with Crippen molar-refractivity contribution in [3.05, 3.63) is 35.4 Å². The van der Waals surface area contributed by atoms with E-state index in [1.807, 2.05) is 19.1 Å². The zero-order valence-electron chi connectivity index (χ0n) is 12.8. The van der Waals surface area contributed by atoms with Gasteiger partial charge in [0.2, 0.25) is 0 Å². The lowest BCUT2D eigenvalue weighted by Gasteiger charge is -2.18. The molecule has 116 valence electrons. The Morgan fingerprint density at radius 3 is 2.19 bits per heavy atom. The predicted molar refractivity (Wildman–Crippen MR) is 79.9 cm³/mol. The quantitative estimate of drug-likeness (QED) is 0.777. The topological polar surface area (TPSA) is 78.6 Å². The summed E-state index contributed by atoms with van der Waals surface area (Å²) in [5.74, 6) is -0.758. The Morgan fingerprint density at radius 1 is 1.10 bits per heavy atom. The standard InChI is InChI=1S/C16H23NO4/c1-4-20-15(18)13-8-6-12(7-9-13)10-11(3)14(17)16(19)21-5-2/h6-9,11,14H,4-5,10,17H2,1-3H3/t11?,14-/m0/s1. The minimum absolute atomic E-state index is 0.0440. The van der Waals surface area contributed by atoms with E-state index < -0.39 is 6.04 Å². The molecule has 0 aliphatic carbocycles. The van der Waals surface area contributed by atoms with E-state index in [0.29, 0.717) is 25.2 Å². The van der Waals surface area contributed by atoms with Crippen molar-refractivity contribution in [2.45, 2.75) is 33.2 Å². The fraction of sp³-hybridized carbons (Fsp3) is 0.500. The van der Waals surface area contributed by atoms with Gasteiger partial charge in [-0.3, -0.25) is 4.79 Å². The molecule has 5 heteroatoms. The van der Waals surface area contributed by atoms with Gasteiger partial charge >= 0.3 is 11.9 Å². The third kappa shape index (κ3) is 5.19. The van der Waals surface area contributed by atoms with Crippen molar-refractivity contribution in [2.24, 2.45) is 11.7 Å². The first-order valence-electron chi connectivity index (χ1n) is 7.17. The van der Waals surface area contributed by atoms with Gasteiger partial charge in [-0.05, 0) is 43.9 Å². The Kier molecular flexibility index (Phi) is 6.88. The molecule has 0 bridgehead atoms. The summed E-state index contributed by atoms with van der Waals surface area (Å²) >= 11 is 0. The van der Waals surface area contributed by atoms with Crippen LogP contribution in [-0.4, -0.2) is 31.2 Å². The summed E-state index contributed by atoms with van der Waals surface area (Å²) in [5.41, 5.74) is 7.39. The predicted octanol–water partition coefficient (Wildman–Crippen LogP) is 1.93. The van der Waals surface area contributed by atoms with Gasteiger partial charge in [-0.15, -0.1) is 0 Å². The van der Waals surface area contributed by atoms with E-state index in [4.69, 9.17) is 15.2 Å². The largest absolute Gasteiger partial charge is 0.465 e. The second-order valence-electron chi connectivity index (χ2n) is 4.88. The molecule has 1 unspecified atom stereocenters. The monoisotopic (exact) mass is 293 g/mol. The van der Waals surface area contributed by atoms with E-state index in [2.05, 4.69) is 0 Å². The Balaban J connectivity index is 2.62. The van der Waals surface area contributed by atoms with E-state index in [-0.39, 0.29) is 17.9 Å². The Hall–Kier alpha value is -1.88. The minimum atomic E-state index is -0.644. The van der Waals surface area contributed by atoms with Crippen LogP contribution < -0.4 is 5.73 Å². The molecule has 0 radical (unpaired) electrons. The first-order valence-corrected chi connectivity index (χ1v) is 7.17. The van der Waals surface area contributed by atoms with Gasteiger partial charge in [0.05, 0.1) is 18.8 Å². The average Bonchev–Trinajstić information content (AvgIpc) is 2.47. The SMILES string of the molecule is CCOC(=O)c1ccc(CC(C)[C@H](N)C(=O)OCC)cc1. The summed E-state index contributed by atoms with van der Waals surface area (Å²) in [7, 11) is 0. The van der Waals surface area contributed by atoms with Crippen LogP contribution >= 0.6 is 0 Å². The number of carbonyl (C=O) groups is 2. The van der Waals surface area contributed by atoms with E-state index in [9.17, 15) is 9.59 Å². The van der Waals surface area contributed by atoms with Crippen LogP contribution in [0.2, 0.25) is 0 Å². The summed E-state index contributed by atoms with van der Waals surface area (Å²) in [4.78, 5) is 23.1. The van der Waals surface area contributed by atoms with Crippen molar-refractivity contribution in [3.8, 4) is 0 Å². The molecule has 1 rings (SSSR count). The van der Waals surface area contributed by atoms with Crippen molar-refractivity contribution < 1.29 is 19.1 Å². The normalized spacial score (nSPS) is 13.3. The van der Waals surface area contributed by atoms with E-state index >= 15 is 0 Å². The molecule has 0 fully saturated rings. The zero-order chi connectivity index (χ0) is 15.8. The zero-order valence-corrected chi connectivity index (χ0v) is 12.8. The molecule has 2 atom stereocenters. The van der Waals surface area contributed by atoms with Crippen LogP contribution in [-0.2, 0) is 20.7 Å². The molecule has 0 aliphatic heterocycles. The van der Waals surface area contributed by atoms with Crippen LogP contribution in [0.3, 0.4) is 0 Å². The smallest absolute Gasteiger partial charge is 0.338 e. The van der Waals surface area contributed by atoms with Crippen LogP contribution in [0.15, 0.2) is 24.3 Å². The molecule has 0 saturated carbocycles. The first-order chi connectivity index (χ1) is 9.99. The van der Waals surface area contributed by atoms with Gasteiger partial charge in [-0.2, -0.15) is 0 Å². The number of carbonyl (C=O) groups excluding carboxylic acids is 2. The fourth-order valence-corrected chi connectivity index (χ4v) is 1.96. The van der Waals surface area contributed by atoms with Crippen molar-refractivity contribution in [1.82, 2.24) is 0 Å². The molecule has 0 amide bonds. The van der Waals surface area contributed by atoms with E-state index in [1.165, 1.54) is 0 Å². The van der Waals surface area contributed by atoms with Crippen LogP contribution in [0.1, 0.15) is 36.7 Å². The number of hydrogen-bond acceptors (Lipinski definition) is 5. The lowest BCUT2D eigenvalue weighted by molar-refractivity contribution is -0.145. The summed E-state index contributed by atoms with van der Waals surface area (Å²) in [6, 6.07) is 6.49. The van der Waals surface area contributed by atoms with Gasteiger partial charge in [0.15, 0.2) is 0 Å². The minimum Gasteiger partial charge on any atom is -0.465 e. The third-order valence-corrected chi connectivity index (χ3v) is 3.19. The highest BCUT2D eigenvalue weighted by molar-refractivity contribution is 5.89. The van der Waals surface area contributed by atoms with Gasteiger partial charge in [-0.25, -0.2) is 4.79 Å². The van der Waals surface area contributed by atoms with E-state index in [0.717, 1.165) is 5.56 Å². The molecule has 21 heavy (non-hydrogen) atoms. The number of ether oxygens (including phenoxy) is 2. The molecule has 0 saturated heterocycles. The van der Waals surface area contributed by atoms with Crippen LogP contribution in [0.25, 0.3) is 0 Å². The van der Waals surface area contributed by atoms with Gasteiger partial charge in [0, 0.05) is 0 Å². The second kappa shape index (κ2) is 8.42. The Morgan fingerprint density at radius 2 is 1.67 bits per heavy atom. The van der Waals surface area contributed by atoms with Gasteiger partial charge in [-0.1, -0.05) is 19.1 Å². The lowest BCUT2D eigenvalue weighted by atomic mass is 9.94. The second-order valence-corrected chi connectivity index (χ2v) is 4.88. The van der Waals surface area contributed by atoms with Crippen molar-refractivity contribution in [1.29, 1.82) is 0 Å². The van der Waals surface area contributed by atoms with Gasteiger partial charge in [0.25, 0.3) is 0 Å². The van der Waals surface area contributed by atoms with Gasteiger partial charge < -0.3 is 15.2 Å². The van der Waals surface area contributed by atoms with Crippen LogP contribution in [0.5, 0.6) is 0 Å². The molecule has 1 aromatic rings. The van der Waals surface area contributed by atoms with Crippen molar-refractivity contribution in [2.75, 3.05) is 13.2 Å². The van der Waals surface area contributed by atoms with E-state index in [1.54, 1.807) is 26.0 Å². The number of rotatable bonds is 7. The summed E-state index contributed by atoms with van der Waals surface area (Å²) < 4.78 is 9.84. The van der Waals surface area contributed by atoms with Gasteiger partial charge in [0.1, 0.15) is 6.04 Å². The number of esters is 2. The first kappa shape index (κ1) is 17.2. The van der Waals surface area contributed by atoms with Crippen molar-refractivity contribution >= 4 is 11.9 Å². The third-order valence-electron chi connectivity index (χ3n) is 3.19. The Labute approximate surface area is 125 Å². The van der Waals surface area contributed by atoms with Crippen LogP contribution in [0, 0.1) is 5.92 Å². The molecule has 5 nitrogen and oxygen atoms in total. The summed E-state index contributed by atoms with van der Waals surface area (Å²) in [6.07, 6.45) is 0.642. The lowest BCUT2D eigenvalue weighted by Crippen LogP contribution is -2.39. The molecular weight excluding hydrogens is 270 g/mol. The highest BCUT2D eigenvalue weighted by atomic mass is 16.5. The number of benzene rings is 1. The maximum atomic E-state index is 11.6. The summed E-state index contributed by atoms with van der Waals surface area (Å²) in [6.45, 7) is 6.11. The highest BCUT2D eigenvalue weighted by Crippen LogP contribution is 2.14. The number of nitrogens with two attached hydrogens (primary N) is 1. The maximum absolute atomic E-state index is 11.6.